The van der Waals surface area contributed by atoms with Gasteiger partial charge in [-0.05, 0) is 43.9 Å². The van der Waals surface area contributed by atoms with Gasteiger partial charge in [-0.1, -0.05) is 12.1 Å². The molecular formula is C19H29N5O3S2. The largest absolute Gasteiger partial charge is 0.341 e. The molecule has 0 saturated carbocycles. The van der Waals surface area contributed by atoms with Gasteiger partial charge in [0.15, 0.2) is 0 Å². The smallest absolute Gasteiger partial charge is 0.240 e. The average Bonchev–Trinajstić information content (AvgIpc) is 3.00. The Labute approximate surface area is 176 Å². The van der Waals surface area contributed by atoms with E-state index in [2.05, 4.69) is 19.6 Å². The predicted octanol–water partition coefficient (Wildman–Crippen LogP) is 1.66. The molecule has 2 heterocycles. The molecule has 2 N–H and O–H groups in total. The maximum absolute atomic E-state index is 13.1. The van der Waals surface area contributed by atoms with Crippen molar-refractivity contribution in [3.63, 3.8) is 0 Å². The van der Waals surface area contributed by atoms with Gasteiger partial charge in [-0.3, -0.25) is 4.79 Å². The zero-order valence-corrected chi connectivity index (χ0v) is 18.6. The number of aromatic amines is 1. The summed E-state index contributed by atoms with van der Waals surface area (Å²) in [4.78, 5) is 25.0. The molecule has 1 unspecified atom stereocenters. The number of H-pyrrole nitrogens is 1. The summed E-state index contributed by atoms with van der Waals surface area (Å²) in [6, 6.07) is 7.20. The summed E-state index contributed by atoms with van der Waals surface area (Å²) >= 11 is 1.61. The summed E-state index contributed by atoms with van der Waals surface area (Å²) in [7, 11) is -3.44. The molecule has 10 heteroatoms. The second-order valence-corrected chi connectivity index (χ2v) is 10.1. The molecule has 1 aromatic heterocycles. The van der Waals surface area contributed by atoms with Crippen molar-refractivity contribution in [1.82, 2.24) is 19.6 Å². The number of nitrogens with one attached hydrogen (secondary N) is 2. The summed E-state index contributed by atoms with van der Waals surface area (Å²) in [6.45, 7) is 4.18. The van der Waals surface area contributed by atoms with E-state index in [0.29, 0.717) is 26.1 Å². The van der Waals surface area contributed by atoms with E-state index in [0.717, 1.165) is 35.7 Å². The van der Waals surface area contributed by atoms with Crippen molar-refractivity contribution in [1.29, 1.82) is 0 Å². The lowest BCUT2D eigenvalue weighted by Gasteiger charge is -2.26. The van der Waals surface area contributed by atoms with Crippen LogP contribution in [0.5, 0.6) is 0 Å². The zero-order valence-electron chi connectivity index (χ0n) is 16.9. The lowest BCUT2D eigenvalue weighted by atomic mass is 10.2. The summed E-state index contributed by atoms with van der Waals surface area (Å²) in [5, 5.41) is 0. The van der Waals surface area contributed by atoms with Crippen LogP contribution in [0.1, 0.15) is 19.8 Å². The molecule has 2 aromatic rings. The van der Waals surface area contributed by atoms with Crippen molar-refractivity contribution in [2.24, 2.45) is 0 Å². The van der Waals surface area contributed by atoms with Crippen molar-refractivity contribution in [2.75, 3.05) is 48.8 Å². The fourth-order valence-corrected chi connectivity index (χ4v) is 4.72. The minimum atomic E-state index is -3.44. The topological polar surface area (TPSA) is 98.4 Å². The molecule has 0 bridgehead atoms. The van der Waals surface area contributed by atoms with Gasteiger partial charge in [-0.2, -0.15) is 11.8 Å². The summed E-state index contributed by atoms with van der Waals surface area (Å²) in [6.07, 6.45) is 3.24. The monoisotopic (exact) mass is 439 g/mol. The highest BCUT2D eigenvalue weighted by Crippen LogP contribution is 2.19. The van der Waals surface area contributed by atoms with Crippen LogP contribution >= 0.6 is 11.8 Å². The van der Waals surface area contributed by atoms with E-state index in [4.69, 9.17) is 0 Å². The highest BCUT2D eigenvalue weighted by atomic mass is 32.2. The normalized spacial score (nSPS) is 16.8. The maximum Gasteiger partial charge on any atom is 0.240 e. The summed E-state index contributed by atoms with van der Waals surface area (Å²) in [5.41, 5.74) is 1.91. The van der Waals surface area contributed by atoms with Crippen LogP contribution in [0.15, 0.2) is 24.3 Å². The fourth-order valence-electron chi connectivity index (χ4n) is 3.43. The molecule has 8 nitrogen and oxygen atoms in total. The Morgan fingerprint density at radius 2 is 2.07 bits per heavy atom. The Kier molecular flexibility index (Phi) is 7.42. The first-order valence-corrected chi connectivity index (χ1v) is 13.0. The number of nitrogens with zero attached hydrogens (tertiary/aromatic N) is 3. The van der Waals surface area contributed by atoms with Crippen molar-refractivity contribution >= 4 is 44.7 Å². The maximum atomic E-state index is 13.1. The minimum absolute atomic E-state index is 0.0319. The van der Waals surface area contributed by atoms with E-state index in [1.165, 1.54) is 0 Å². The molecule has 0 radical (unpaired) electrons. The first-order chi connectivity index (χ1) is 13.9. The van der Waals surface area contributed by atoms with Crippen LogP contribution in [0, 0.1) is 0 Å². The van der Waals surface area contributed by atoms with Crippen molar-refractivity contribution in [3.8, 4) is 0 Å². The second-order valence-electron chi connectivity index (χ2n) is 7.10. The Balaban J connectivity index is 1.68. The Morgan fingerprint density at radius 1 is 1.28 bits per heavy atom. The van der Waals surface area contributed by atoms with E-state index >= 15 is 0 Å². The molecular weight excluding hydrogens is 410 g/mol. The number of anilines is 1. The van der Waals surface area contributed by atoms with Crippen molar-refractivity contribution in [3.05, 3.63) is 24.3 Å². The van der Waals surface area contributed by atoms with Gasteiger partial charge in [0.2, 0.25) is 21.9 Å². The van der Waals surface area contributed by atoms with Gasteiger partial charge in [-0.25, -0.2) is 18.1 Å². The van der Waals surface area contributed by atoms with Crippen LogP contribution in [-0.2, 0) is 14.8 Å². The van der Waals surface area contributed by atoms with Gasteiger partial charge in [0.1, 0.15) is 6.04 Å². The number of amides is 1. The van der Waals surface area contributed by atoms with Gasteiger partial charge in [0.25, 0.3) is 0 Å². The van der Waals surface area contributed by atoms with Crippen LogP contribution in [0.3, 0.4) is 0 Å². The van der Waals surface area contributed by atoms with Gasteiger partial charge in [-0.15, -0.1) is 0 Å². The highest BCUT2D eigenvalue weighted by Gasteiger charge is 2.29. The molecule has 1 amide bonds. The number of para-hydroxylation sites is 2. The third-order valence-electron chi connectivity index (χ3n) is 5.09. The molecule has 1 aliphatic heterocycles. The number of benzene rings is 1. The fraction of sp³-hybridized carbons (Fsp3) is 0.579. The first-order valence-electron chi connectivity index (χ1n) is 9.91. The summed E-state index contributed by atoms with van der Waals surface area (Å²) < 4.78 is 26.7. The Hall–Kier alpha value is -1.78. The zero-order chi connectivity index (χ0) is 20.9. The first kappa shape index (κ1) is 21.9. The molecule has 29 heavy (non-hydrogen) atoms. The molecule has 1 aromatic carbocycles. The van der Waals surface area contributed by atoms with Crippen molar-refractivity contribution < 1.29 is 13.2 Å². The summed E-state index contributed by atoms with van der Waals surface area (Å²) in [5.74, 6) is 1.37. The lowest BCUT2D eigenvalue weighted by Crippen LogP contribution is -2.50. The SMILES string of the molecule is CCS(=O)(=O)NC(CCSC)C(=O)N1CCCN(c2nc3ccccc3[nH]2)CC1. The van der Waals surface area contributed by atoms with Gasteiger partial charge in [0, 0.05) is 26.2 Å². The van der Waals surface area contributed by atoms with Crippen LogP contribution in [0.4, 0.5) is 5.95 Å². The number of rotatable bonds is 8. The number of fused-ring (bicyclic) bond motifs is 1. The third kappa shape index (κ3) is 5.64. The molecule has 0 spiro atoms. The highest BCUT2D eigenvalue weighted by molar-refractivity contribution is 7.98. The average molecular weight is 440 g/mol. The third-order valence-corrected chi connectivity index (χ3v) is 7.14. The number of imidazole rings is 1. The van der Waals surface area contributed by atoms with E-state index in [-0.39, 0.29) is 11.7 Å². The Bertz CT molecular complexity index is 898. The van der Waals surface area contributed by atoms with Crippen LogP contribution < -0.4 is 9.62 Å². The van der Waals surface area contributed by atoms with Crippen LogP contribution in [-0.4, -0.2) is 79.2 Å². The standard InChI is InChI=1S/C19H29N5O3S2/c1-3-29(26,27)22-17(9-14-28-2)18(25)23-10-6-11-24(13-12-23)19-20-15-7-4-5-8-16(15)21-19/h4-5,7-8,17,22H,3,6,9-14H2,1-2H3,(H,20,21). The molecule has 1 fully saturated rings. The number of aromatic nitrogens is 2. The number of carbonyl (C=O) groups is 1. The van der Waals surface area contributed by atoms with Crippen molar-refractivity contribution in [2.45, 2.75) is 25.8 Å². The molecule has 1 aliphatic rings. The van der Waals surface area contributed by atoms with E-state index < -0.39 is 16.1 Å². The molecule has 1 saturated heterocycles. The van der Waals surface area contributed by atoms with Gasteiger partial charge >= 0.3 is 0 Å². The second kappa shape index (κ2) is 9.82. The Morgan fingerprint density at radius 3 is 2.79 bits per heavy atom. The van der Waals surface area contributed by atoms with Gasteiger partial charge < -0.3 is 14.8 Å². The van der Waals surface area contributed by atoms with Gasteiger partial charge in [0.05, 0.1) is 16.8 Å². The molecule has 160 valence electrons. The van der Waals surface area contributed by atoms with E-state index in [1.54, 1.807) is 23.6 Å². The van der Waals surface area contributed by atoms with Crippen LogP contribution in [0.25, 0.3) is 11.0 Å². The van der Waals surface area contributed by atoms with Crippen LogP contribution in [0.2, 0.25) is 0 Å². The molecule has 3 rings (SSSR count). The number of sulfonamides is 1. The minimum Gasteiger partial charge on any atom is -0.341 e. The number of carbonyl (C=O) groups excluding carboxylic acids is 1. The predicted molar refractivity (Wildman–Crippen MR) is 119 cm³/mol. The molecule has 1 atom stereocenters. The quantitative estimate of drug-likeness (QED) is 0.649. The van der Waals surface area contributed by atoms with E-state index in [9.17, 15) is 13.2 Å². The lowest BCUT2D eigenvalue weighted by molar-refractivity contribution is -0.132. The van der Waals surface area contributed by atoms with E-state index in [1.807, 2.05) is 30.5 Å². The number of hydrogen-bond donors (Lipinski definition) is 2. The number of hydrogen-bond acceptors (Lipinski definition) is 6. The molecule has 0 aliphatic carbocycles. The number of thioether (sulfide) groups is 1.